The molecule has 0 bridgehead atoms. The second-order valence-electron chi connectivity index (χ2n) is 11.4. The van der Waals surface area contributed by atoms with E-state index in [4.69, 9.17) is 14.9 Å². The minimum Gasteiger partial charge on any atom is -0.478 e. The Balaban J connectivity index is 0.000000665. The number of para-hydroxylation sites is 1. The Morgan fingerprint density at radius 1 is 1.09 bits per heavy atom. The largest absolute Gasteiger partial charge is 0.478 e. The lowest BCUT2D eigenvalue weighted by atomic mass is 9.92. The number of aliphatic carboxylic acids is 2. The number of morpholine rings is 1. The van der Waals surface area contributed by atoms with Crippen LogP contribution in [0.1, 0.15) is 42.9 Å². The standard InChI is InChI=1S/C26H34F4N6O3.C4H4O4/c1-17(2)16-35(19-13-18(14-31-15-19)24(37)34-9-11-39-12-10-34)25(38)23-22(7-8-26(28,29)30)36(33-32-23)21-6-4-3-5-20(21)27;5-3(6)1-2-4(7)8/h3-6,17-19,31H,7-16H2,1-2H3;1-2H,(H,5,6)(H,7,8)/t18-,19+;/m1./s1. The van der Waals surface area contributed by atoms with Gasteiger partial charge in [-0.3, -0.25) is 9.59 Å². The van der Waals surface area contributed by atoms with Crippen molar-refractivity contribution in [3.05, 3.63) is 53.6 Å². The van der Waals surface area contributed by atoms with Crippen molar-refractivity contribution < 1.29 is 51.7 Å². The molecule has 13 nitrogen and oxygen atoms in total. The summed E-state index contributed by atoms with van der Waals surface area (Å²) >= 11 is 0. The molecule has 1 aromatic carbocycles. The first-order valence-corrected chi connectivity index (χ1v) is 15.0. The molecule has 2 amide bonds. The van der Waals surface area contributed by atoms with Crippen molar-refractivity contribution in [1.29, 1.82) is 0 Å². The van der Waals surface area contributed by atoms with E-state index < -0.39 is 48.7 Å². The van der Waals surface area contributed by atoms with Crippen molar-refractivity contribution in [2.45, 2.75) is 45.3 Å². The quantitative estimate of drug-likeness (QED) is 0.253. The van der Waals surface area contributed by atoms with Gasteiger partial charge in [0.05, 0.1) is 24.8 Å². The summed E-state index contributed by atoms with van der Waals surface area (Å²) in [5.74, 6) is -4.14. The summed E-state index contributed by atoms with van der Waals surface area (Å²) in [5.41, 5.74) is -0.446. The highest BCUT2D eigenvalue weighted by Gasteiger charge is 2.38. The molecule has 2 aliphatic rings. The second-order valence-corrected chi connectivity index (χ2v) is 11.4. The number of aromatic nitrogens is 3. The number of benzene rings is 1. The number of nitrogens with zero attached hydrogens (tertiary/aromatic N) is 5. The molecule has 0 saturated carbocycles. The van der Waals surface area contributed by atoms with E-state index in [-0.39, 0.29) is 34.8 Å². The Bertz CT molecular complexity index is 1410. The zero-order valence-electron chi connectivity index (χ0n) is 26.0. The molecule has 2 atom stereocenters. The molecular formula is C30H38F4N6O7. The van der Waals surface area contributed by atoms with Crippen molar-refractivity contribution >= 4 is 23.8 Å². The number of carbonyl (C=O) groups excluding carboxylic acids is 2. The van der Waals surface area contributed by atoms with Gasteiger partial charge in [0.25, 0.3) is 5.91 Å². The van der Waals surface area contributed by atoms with Crippen molar-refractivity contribution in [3.63, 3.8) is 0 Å². The van der Waals surface area contributed by atoms with E-state index >= 15 is 0 Å². The minimum absolute atomic E-state index is 0.0104. The minimum atomic E-state index is -4.50. The Morgan fingerprint density at radius 3 is 2.30 bits per heavy atom. The van der Waals surface area contributed by atoms with E-state index in [0.717, 1.165) is 10.7 Å². The molecule has 17 heteroatoms. The van der Waals surface area contributed by atoms with E-state index in [1.807, 2.05) is 13.8 Å². The van der Waals surface area contributed by atoms with Crippen LogP contribution in [0.5, 0.6) is 0 Å². The predicted octanol–water partition coefficient (Wildman–Crippen LogP) is 2.55. The fraction of sp³-hybridized carbons (Fsp3) is 0.533. The first-order chi connectivity index (χ1) is 22.2. The number of carboxylic acid groups (broad SMARTS) is 2. The summed E-state index contributed by atoms with van der Waals surface area (Å²) in [7, 11) is 0. The van der Waals surface area contributed by atoms with E-state index in [2.05, 4.69) is 15.6 Å². The molecule has 258 valence electrons. The first kappa shape index (κ1) is 37.1. The van der Waals surface area contributed by atoms with Crippen molar-refractivity contribution in [2.24, 2.45) is 11.8 Å². The third-order valence-corrected chi connectivity index (χ3v) is 7.32. The van der Waals surface area contributed by atoms with Crippen molar-refractivity contribution in [3.8, 4) is 5.69 Å². The Labute approximate surface area is 268 Å². The summed E-state index contributed by atoms with van der Waals surface area (Å²) in [5, 5.41) is 26.7. The highest BCUT2D eigenvalue weighted by Crippen LogP contribution is 2.27. The number of hydrogen-bond donors (Lipinski definition) is 3. The molecule has 47 heavy (non-hydrogen) atoms. The number of amides is 2. The van der Waals surface area contributed by atoms with Crippen LogP contribution < -0.4 is 5.32 Å². The Hall–Kier alpha value is -4.38. The first-order valence-electron chi connectivity index (χ1n) is 15.0. The molecule has 2 fully saturated rings. The number of halogens is 4. The zero-order chi connectivity index (χ0) is 34.7. The highest BCUT2D eigenvalue weighted by molar-refractivity contribution is 5.94. The number of carbonyl (C=O) groups is 4. The topological polar surface area (TPSA) is 167 Å². The van der Waals surface area contributed by atoms with E-state index in [0.29, 0.717) is 64.5 Å². The van der Waals surface area contributed by atoms with Gasteiger partial charge in [0.15, 0.2) is 5.69 Å². The number of piperidine rings is 1. The number of carboxylic acids is 2. The van der Waals surface area contributed by atoms with Gasteiger partial charge in [0.1, 0.15) is 11.5 Å². The van der Waals surface area contributed by atoms with Crippen LogP contribution >= 0.6 is 0 Å². The van der Waals surface area contributed by atoms with Crippen molar-refractivity contribution in [2.75, 3.05) is 45.9 Å². The fourth-order valence-electron chi connectivity index (χ4n) is 5.23. The van der Waals surface area contributed by atoms with Crippen LogP contribution in [0.4, 0.5) is 17.6 Å². The van der Waals surface area contributed by atoms with Crippen LogP contribution in [-0.4, -0.2) is 117 Å². The highest BCUT2D eigenvalue weighted by atomic mass is 19.4. The molecular weight excluding hydrogens is 632 g/mol. The second kappa shape index (κ2) is 17.0. The zero-order valence-corrected chi connectivity index (χ0v) is 26.0. The average Bonchev–Trinajstić information content (AvgIpc) is 3.45. The summed E-state index contributed by atoms with van der Waals surface area (Å²) < 4.78 is 60.5. The smallest absolute Gasteiger partial charge is 0.389 e. The molecule has 0 spiro atoms. The molecule has 1 aromatic heterocycles. The number of hydrogen-bond acceptors (Lipinski definition) is 8. The van der Waals surface area contributed by atoms with E-state index in [9.17, 15) is 36.7 Å². The molecule has 3 N–H and O–H groups in total. The van der Waals surface area contributed by atoms with Gasteiger partial charge in [-0.05, 0) is 24.5 Å². The molecule has 0 aliphatic carbocycles. The molecule has 2 saturated heterocycles. The van der Waals surface area contributed by atoms with Crippen LogP contribution in [0.3, 0.4) is 0 Å². The SMILES string of the molecule is CC(C)CN(C(=O)c1nnn(-c2ccccc2F)c1CCC(F)(F)F)[C@@H]1CNC[C@H](C(=O)N2CCOCC2)C1.O=C(O)C=CC(=O)O. The van der Waals surface area contributed by atoms with Crippen LogP contribution in [-0.2, 0) is 25.5 Å². The van der Waals surface area contributed by atoms with Gasteiger partial charge in [0, 0.05) is 63.8 Å². The lowest BCUT2D eigenvalue weighted by Gasteiger charge is -2.40. The normalized spacial score (nSPS) is 18.5. The molecule has 3 heterocycles. The van der Waals surface area contributed by atoms with Gasteiger partial charge in [-0.2, -0.15) is 13.2 Å². The maximum Gasteiger partial charge on any atom is 0.389 e. The predicted molar refractivity (Wildman–Crippen MR) is 158 cm³/mol. The number of alkyl halides is 3. The monoisotopic (exact) mass is 670 g/mol. The van der Waals surface area contributed by atoms with Crippen LogP contribution in [0.15, 0.2) is 36.4 Å². The number of rotatable bonds is 10. The lowest BCUT2D eigenvalue weighted by Crippen LogP contribution is -2.56. The maximum atomic E-state index is 14.6. The molecule has 4 rings (SSSR count). The van der Waals surface area contributed by atoms with E-state index in [1.165, 1.54) is 18.2 Å². The Kier molecular flexibility index (Phi) is 13.4. The third kappa shape index (κ3) is 11.1. The van der Waals surface area contributed by atoms with Gasteiger partial charge in [0.2, 0.25) is 5.91 Å². The lowest BCUT2D eigenvalue weighted by molar-refractivity contribution is -0.141. The average molecular weight is 671 g/mol. The van der Waals surface area contributed by atoms with Gasteiger partial charge < -0.3 is 30.1 Å². The molecule has 0 radical (unpaired) electrons. The third-order valence-electron chi connectivity index (χ3n) is 7.32. The van der Waals surface area contributed by atoms with Gasteiger partial charge in [-0.25, -0.2) is 18.7 Å². The molecule has 0 unspecified atom stereocenters. The van der Waals surface area contributed by atoms with E-state index in [1.54, 1.807) is 9.80 Å². The number of ether oxygens (including phenoxy) is 1. The Morgan fingerprint density at radius 2 is 1.72 bits per heavy atom. The molecule has 2 aliphatic heterocycles. The summed E-state index contributed by atoms with van der Waals surface area (Å²) in [6.07, 6.45) is -4.79. The van der Waals surface area contributed by atoms with Crippen LogP contribution in [0.25, 0.3) is 5.69 Å². The van der Waals surface area contributed by atoms with Gasteiger partial charge in [-0.1, -0.05) is 31.2 Å². The maximum absolute atomic E-state index is 14.6. The summed E-state index contributed by atoms with van der Waals surface area (Å²) in [6.45, 7) is 7.02. The summed E-state index contributed by atoms with van der Waals surface area (Å²) in [6, 6.07) is 5.12. The van der Waals surface area contributed by atoms with Crippen LogP contribution in [0.2, 0.25) is 0 Å². The molecule has 2 aromatic rings. The fourth-order valence-corrected chi connectivity index (χ4v) is 5.23. The summed E-state index contributed by atoms with van der Waals surface area (Å²) in [4.78, 5) is 49.5. The van der Waals surface area contributed by atoms with Gasteiger partial charge >= 0.3 is 18.1 Å². The van der Waals surface area contributed by atoms with Crippen LogP contribution in [0, 0.1) is 17.7 Å². The van der Waals surface area contributed by atoms with Crippen molar-refractivity contribution in [1.82, 2.24) is 30.1 Å². The van der Waals surface area contributed by atoms with Gasteiger partial charge in [-0.15, -0.1) is 5.10 Å². The number of nitrogens with one attached hydrogen (secondary N) is 1.